The maximum Gasteiger partial charge on any atom is 0.119 e. The third-order valence-electron chi connectivity index (χ3n) is 4.13. The van der Waals surface area contributed by atoms with Crippen LogP contribution >= 0.6 is 0 Å². The van der Waals surface area contributed by atoms with E-state index in [1.807, 2.05) is 6.07 Å². The van der Waals surface area contributed by atoms with Crippen LogP contribution in [0.25, 0.3) is 0 Å². The number of fused-ring (bicyclic) bond motifs is 2. The quantitative estimate of drug-likeness (QED) is 0.840. The van der Waals surface area contributed by atoms with Crippen LogP contribution < -0.4 is 5.32 Å². The van der Waals surface area contributed by atoms with Gasteiger partial charge in [0.1, 0.15) is 5.75 Å². The minimum Gasteiger partial charge on any atom is -0.508 e. The van der Waals surface area contributed by atoms with Gasteiger partial charge in [-0.1, -0.05) is 25.5 Å². The van der Waals surface area contributed by atoms with Crippen LogP contribution in [0.15, 0.2) is 18.2 Å². The van der Waals surface area contributed by atoms with Crippen molar-refractivity contribution >= 4 is 0 Å². The Hall–Kier alpha value is -1.06. The van der Waals surface area contributed by atoms with Crippen molar-refractivity contribution in [2.45, 2.75) is 50.9 Å². The lowest BCUT2D eigenvalue weighted by atomic mass is 9.84. The van der Waals surface area contributed by atoms with Gasteiger partial charge in [-0.3, -0.25) is 0 Å². The molecule has 3 rings (SSSR count). The largest absolute Gasteiger partial charge is 0.508 e. The number of nitrogens with one attached hydrogen (secondary N) is 1. The third-order valence-corrected chi connectivity index (χ3v) is 4.13. The van der Waals surface area contributed by atoms with E-state index >= 15 is 0 Å². The molecule has 2 N–H and O–H groups in total. The Labute approximate surface area is 108 Å². The van der Waals surface area contributed by atoms with E-state index in [1.54, 1.807) is 6.07 Å². The van der Waals surface area contributed by atoms with Crippen LogP contribution in [0, 0.1) is 0 Å². The molecule has 1 heterocycles. The number of rotatable bonds is 2. The molecule has 3 heteroatoms. The van der Waals surface area contributed by atoms with Crippen LogP contribution in [0.3, 0.4) is 0 Å². The molecule has 1 aromatic carbocycles. The molecule has 0 amide bonds. The van der Waals surface area contributed by atoms with Crippen molar-refractivity contribution in [3.8, 4) is 5.75 Å². The molecule has 0 radical (unpaired) electrons. The van der Waals surface area contributed by atoms with Crippen LogP contribution in [0.2, 0.25) is 0 Å². The zero-order chi connectivity index (χ0) is 12.5. The van der Waals surface area contributed by atoms with Crippen LogP contribution in [-0.2, 0) is 17.6 Å². The van der Waals surface area contributed by atoms with Gasteiger partial charge in [0.05, 0.1) is 12.2 Å². The second kappa shape index (κ2) is 4.90. The van der Waals surface area contributed by atoms with E-state index in [0.717, 1.165) is 37.8 Å². The molecule has 3 unspecified atom stereocenters. The molecule has 18 heavy (non-hydrogen) atoms. The Morgan fingerprint density at radius 2 is 2.28 bits per heavy atom. The van der Waals surface area contributed by atoms with Crippen LogP contribution in [0.1, 0.15) is 30.9 Å². The van der Waals surface area contributed by atoms with Crippen molar-refractivity contribution in [1.82, 2.24) is 5.32 Å². The predicted octanol–water partition coefficient (Wildman–Crippen LogP) is 2.02. The van der Waals surface area contributed by atoms with Gasteiger partial charge >= 0.3 is 0 Å². The highest BCUT2D eigenvalue weighted by atomic mass is 16.5. The first-order chi connectivity index (χ1) is 8.78. The smallest absolute Gasteiger partial charge is 0.119 e. The molecule has 1 aliphatic heterocycles. The Bertz CT molecular complexity index is 433. The van der Waals surface area contributed by atoms with Crippen LogP contribution in [-0.4, -0.2) is 29.9 Å². The molecule has 1 aromatic rings. The highest BCUT2D eigenvalue weighted by molar-refractivity contribution is 5.42. The lowest BCUT2D eigenvalue weighted by molar-refractivity contribution is -0.0685. The second-order valence-corrected chi connectivity index (χ2v) is 5.42. The molecule has 3 nitrogen and oxygen atoms in total. The topological polar surface area (TPSA) is 41.5 Å². The van der Waals surface area contributed by atoms with Gasteiger partial charge in [0.25, 0.3) is 0 Å². The van der Waals surface area contributed by atoms with Crippen molar-refractivity contribution in [3.05, 3.63) is 29.3 Å². The Morgan fingerprint density at radius 1 is 1.39 bits per heavy atom. The summed E-state index contributed by atoms with van der Waals surface area (Å²) in [5.74, 6) is 0.423. The van der Waals surface area contributed by atoms with Gasteiger partial charge in [-0.2, -0.15) is 0 Å². The summed E-state index contributed by atoms with van der Waals surface area (Å²) in [5, 5.41) is 13.5. The number of ether oxygens (including phenoxy) is 1. The summed E-state index contributed by atoms with van der Waals surface area (Å²) >= 11 is 0. The molecular weight excluding hydrogens is 226 g/mol. The van der Waals surface area contributed by atoms with E-state index in [4.69, 9.17) is 4.74 Å². The first-order valence-electron chi connectivity index (χ1n) is 6.96. The molecule has 0 saturated carbocycles. The number of hydrogen-bond donors (Lipinski definition) is 2. The van der Waals surface area contributed by atoms with E-state index in [1.165, 1.54) is 5.56 Å². The summed E-state index contributed by atoms with van der Waals surface area (Å²) < 4.78 is 6.17. The van der Waals surface area contributed by atoms with Crippen molar-refractivity contribution in [1.29, 1.82) is 0 Å². The molecule has 98 valence electrons. The number of hydrogen-bond acceptors (Lipinski definition) is 3. The molecule has 0 bridgehead atoms. The number of benzene rings is 1. The van der Waals surface area contributed by atoms with Crippen molar-refractivity contribution in [3.63, 3.8) is 0 Å². The molecule has 1 fully saturated rings. The fourth-order valence-corrected chi connectivity index (χ4v) is 3.18. The first-order valence-corrected chi connectivity index (χ1v) is 6.96. The van der Waals surface area contributed by atoms with E-state index < -0.39 is 0 Å². The predicted molar refractivity (Wildman–Crippen MR) is 70.9 cm³/mol. The third kappa shape index (κ3) is 2.13. The number of phenols is 1. The summed E-state index contributed by atoms with van der Waals surface area (Å²) in [4.78, 5) is 0. The molecule has 1 aliphatic carbocycles. The van der Waals surface area contributed by atoms with Gasteiger partial charge in [0, 0.05) is 19.0 Å². The summed E-state index contributed by atoms with van der Waals surface area (Å²) in [6.45, 7) is 3.15. The van der Waals surface area contributed by atoms with E-state index in [-0.39, 0.29) is 6.10 Å². The highest BCUT2D eigenvalue weighted by Crippen LogP contribution is 2.32. The fraction of sp³-hybridized carbons (Fsp3) is 0.600. The lowest BCUT2D eigenvalue weighted by Gasteiger charge is -2.41. The minimum absolute atomic E-state index is 0.219. The van der Waals surface area contributed by atoms with E-state index in [0.29, 0.717) is 17.9 Å². The standard InChI is InChI=1S/C15H21NO2/c1-2-4-11-9-16-13-7-10-5-3-6-14(17)12(10)8-15(13)18-11/h3,5-6,11,13,15-17H,2,4,7-9H2,1H3. The zero-order valence-corrected chi connectivity index (χ0v) is 10.9. The van der Waals surface area contributed by atoms with Crippen LogP contribution in [0.5, 0.6) is 5.75 Å². The van der Waals surface area contributed by atoms with Crippen molar-refractivity contribution in [2.24, 2.45) is 0 Å². The summed E-state index contributed by atoms with van der Waals surface area (Å²) in [6, 6.07) is 6.23. The number of phenolic OH excluding ortho intramolecular Hbond substituents is 1. The number of aromatic hydroxyl groups is 1. The molecular formula is C15H21NO2. The maximum absolute atomic E-state index is 9.94. The van der Waals surface area contributed by atoms with E-state index in [2.05, 4.69) is 18.3 Å². The highest BCUT2D eigenvalue weighted by Gasteiger charge is 2.35. The molecule has 3 atom stereocenters. The summed E-state index contributed by atoms with van der Waals surface area (Å²) in [7, 11) is 0. The Balaban J connectivity index is 1.79. The molecule has 0 aromatic heterocycles. The van der Waals surface area contributed by atoms with Gasteiger partial charge in [-0.25, -0.2) is 0 Å². The van der Waals surface area contributed by atoms with Gasteiger partial charge in [0.2, 0.25) is 0 Å². The molecule has 0 spiro atoms. The first kappa shape index (κ1) is 12.0. The minimum atomic E-state index is 0.219. The van der Waals surface area contributed by atoms with Gasteiger partial charge < -0.3 is 15.2 Å². The zero-order valence-electron chi connectivity index (χ0n) is 10.9. The Morgan fingerprint density at radius 3 is 3.11 bits per heavy atom. The fourth-order valence-electron chi connectivity index (χ4n) is 3.18. The van der Waals surface area contributed by atoms with Crippen molar-refractivity contribution < 1.29 is 9.84 Å². The normalized spacial score (nSPS) is 30.6. The van der Waals surface area contributed by atoms with Crippen molar-refractivity contribution in [2.75, 3.05) is 6.54 Å². The van der Waals surface area contributed by atoms with E-state index in [9.17, 15) is 5.11 Å². The monoisotopic (exact) mass is 247 g/mol. The Kier molecular flexibility index (Phi) is 3.27. The van der Waals surface area contributed by atoms with Gasteiger partial charge in [-0.15, -0.1) is 0 Å². The summed E-state index contributed by atoms with van der Waals surface area (Å²) in [5.41, 5.74) is 2.35. The SMILES string of the molecule is CCCC1CNC2Cc3cccc(O)c3CC2O1. The second-order valence-electron chi connectivity index (χ2n) is 5.42. The summed E-state index contributed by atoms with van der Waals surface area (Å²) in [6.07, 6.45) is 4.63. The number of morpholine rings is 1. The lowest BCUT2D eigenvalue weighted by Crippen LogP contribution is -2.55. The molecule has 2 aliphatic rings. The van der Waals surface area contributed by atoms with Gasteiger partial charge in [-0.05, 0) is 30.0 Å². The average molecular weight is 247 g/mol. The average Bonchev–Trinajstić information content (AvgIpc) is 2.38. The van der Waals surface area contributed by atoms with Gasteiger partial charge in [0.15, 0.2) is 0 Å². The van der Waals surface area contributed by atoms with Crippen LogP contribution in [0.4, 0.5) is 0 Å². The maximum atomic E-state index is 9.94. The molecule has 1 saturated heterocycles.